The largest absolute Gasteiger partial charge is 0.330 e. The van der Waals surface area contributed by atoms with Crippen molar-refractivity contribution in [2.75, 3.05) is 6.54 Å². The first-order valence-electron chi connectivity index (χ1n) is 4.83. The van der Waals surface area contributed by atoms with Crippen molar-refractivity contribution in [3.8, 4) is 0 Å². The predicted molar refractivity (Wildman–Crippen MR) is 54.8 cm³/mol. The van der Waals surface area contributed by atoms with E-state index in [9.17, 15) is 4.79 Å². The highest BCUT2D eigenvalue weighted by atomic mass is 16.2. The van der Waals surface area contributed by atoms with E-state index in [4.69, 9.17) is 5.73 Å². The standard InChI is InChI=1S/C11H14N2O/c1-8(6-12)13-7-9-4-2-3-5-10(9)11(13)14/h2-5,8H,6-7,12H2,1H3. The molecular weight excluding hydrogens is 176 g/mol. The minimum Gasteiger partial charge on any atom is -0.330 e. The predicted octanol–water partition coefficient (Wildman–Crippen LogP) is 0.990. The van der Waals surface area contributed by atoms with Crippen LogP contribution in [0.3, 0.4) is 0 Å². The van der Waals surface area contributed by atoms with Crippen LogP contribution in [0.2, 0.25) is 0 Å². The van der Waals surface area contributed by atoms with Gasteiger partial charge >= 0.3 is 0 Å². The van der Waals surface area contributed by atoms with Gasteiger partial charge in [0.2, 0.25) is 0 Å². The highest BCUT2D eigenvalue weighted by molar-refractivity contribution is 5.98. The average Bonchev–Trinajstić information content (AvgIpc) is 2.56. The molecule has 1 heterocycles. The molecule has 2 rings (SSSR count). The summed E-state index contributed by atoms with van der Waals surface area (Å²) < 4.78 is 0. The van der Waals surface area contributed by atoms with Crippen LogP contribution in [0.25, 0.3) is 0 Å². The van der Waals surface area contributed by atoms with Crippen LogP contribution in [-0.2, 0) is 6.54 Å². The van der Waals surface area contributed by atoms with Crippen molar-refractivity contribution in [1.29, 1.82) is 0 Å². The zero-order chi connectivity index (χ0) is 10.1. The average molecular weight is 190 g/mol. The Labute approximate surface area is 83.5 Å². The summed E-state index contributed by atoms with van der Waals surface area (Å²) in [6.45, 7) is 3.19. The second-order valence-corrected chi connectivity index (χ2v) is 3.67. The van der Waals surface area contributed by atoms with Crippen molar-refractivity contribution in [3.63, 3.8) is 0 Å². The van der Waals surface area contributed by atoms with Crippen molar-refractivity contribution < 1.29 is 4.79 Å². The third-order valence-electron chi connectivity index (χ3n) is 2.72. The molecule has 1 aromatic carbocycles. The van der Waals surface area contributed by atoms with Crippen molar-refractivity contribution in [2.24, 2.45) is 5.73 Å². The molecule has 74 valence electrons. The summed E-state index contributed by atoms with van der Waals surface area (Å²) in [7, 11) is 0. The van der Waals surface area contributed by atoms with Crippen molar-refractivity contribution >= 4 is 5.91 Å². The van der Waals surface area contributed by atoms with Crippen LogP contribution in [0.1, 0.15) is 22.8 Å². The van der Waals surface area contributed by atoms with Gasteiger partial charge in [-0.15, -0.1) is 0 Å². The molecule has 1 unspecified atom stereocenters. The lowest BCUT2D eigenvalue weighted by Crippen LogP contribution is -2.38. The number of rotatable bonds is 2. The van der Waals surface area contributed by atoms with Gasteiger partial charge < -0.3 is 10.6 Å². The van der Waals surface area contributed by atoms with E-state index in [1.165, 1.54) is 0 Å². The van der Waals surface area contributed by atoms with Gasteiger partial charge in [0.15, 0.2) is 0 Å². The van der Waals surface area contributed by atoms with E-state index in [2.05, 4.69) is 0 Å². The van der Waals surface area contributed by atoms with Gasteiger partial charge in [-0.05, 0) is 18.6 Å². The molecule has 0 bridgehead atoms. The number of carbonyl (C=O) groups is 1. The Kier molecular flexibility index (Phi) is 2.25. The molecule has 0 saturated carbocycles. The summed E-state index contributed by atoms with van der Waals surface area (Å²) in [5.41, 5.74) is 7.49. The minimum absolute atomic E-state index is 0.110. The molecule has 0 aliphatic carbocycles. The number of fused-ring (bicyclic) bond motifs is 1. The Morgan fingerprint density at radius 3 is 2.86 bits per heavy atom. The molecule has 1 aromatic rings. The first kappa shape index (κ1) is 9.21. The van der Waals surface area contributed by atoms with E-state index in [-0.39, 0.29) is 11.9 Å². The lowest BCUT2D eigenvalue weighted by atomic mass is 10.1. The van der Waals surface area contributed by atoms with Gasteiger partial charge in [0.25, 0.3) is 5.91 Å². The summed E-state index contributed by atoms with van der Waals surface area (Å²) in [5.74, 6) is 0.110. The fraction of sp³-hybridized carbons (Fsp3) is 0.364. The first-order chi connectivity index (χ1) is 6.74. The van der Waals surface area contributed by atoms with E-state index in [1.54, 1.807) is 0 Å². The lowest BCUT2D eigenvalue weighted by molar-refractivity contribution is 0.0723. The van der Waals surface area contributed by atoms with Crippen LogP contribution >= 0.6 is 0 Å². The molecule has 1 atom stereocenters. The number of hydrogen-bond donors (Lipinski definition) is 1. The molecule has 1 aliphatic rings. The fourth-order valence-corrected chi connectivity index (χ4v) is 1.76. The highest BCUT2D eigenvalue weighted by Crippen LogP contribution is 2.23. The van der Waals surface area contributed by atoms with Gasteiger partial charge in [0, 0.05) is 24.7 Å². The van der Waals surface area contributed by atoms with Crippen LogP contribution in [0.15, 0.2) is 24.3 Å². The van der Waals surface area contributed by atoms with E-state index in [0.29, 0.717) is 13.1 Å². The Balaban J connectivity index is 2.30. The van der Waals surface area contributed by atoms with Gasteiger partial charge in [-0.2, -0.15) is 0 Å². The van der Waals surface area contributed by atoms with E-state index < -0.39 is 0 Å². The number of carbonyl (C=O) groups excluding carboxylic acids is 1. The Bertz CT molecular complexity index is 362. The lowest BCUT2D eigenvalue weighted by Gasteiger charge is -2.22. The van der Waals surface area contributed by atoms with Crippen LogP contribution in [0.5, 0.6) is 0 Å². The molecule has 3 nitrogen and oxygen atoms in total. The van der Waals surface area contributed by atoms with Crippen molar-refractivity contribution in [3.05, 3.63) is 35.4 Å². The van der Waals surface area contributed by atoms with Crippen LogP contribution in [0.4, 0.5) is 0 Å². The highest BCUT2D eigenvalue weighted by Gasteiger charge is 2.29. The molecule has 3 heteroatoms. The number of benzene rings is 1. The number of amides is 1. The van der Waals surface area contributed by atoms with Crippen molar-refractivity contribution in [1.82, 2.24) is 4.90 Å². The molecule has 0 fully saturated rings. The molecule has 0 aromatic heterocycles. The Hall–Kier alpha value is -1.35. The maximum Gasteiger partial charge on any atom is 0.254 e. The summed E-state index contributed by atoms with van der Waals surface area (Å²) in [6, 6.07) is 7.85. The number of hydrogen-bond acceptors (Lipinski definition) is 2. The molecule has 2 N–H and O–H groups in total. The summed E-state index contributed by atoms with van der Waals surface area (Å²) in [5, 5.41) is 0. The molecule has 0 spiro atoms. The third kappa shape index (κ3) is 1.30. The summed E-state index contributed by atoms with van der Waals surface area (Å²) in [6.07, 6.45) is 0. The van der Waals surface area contributed by atoms with Gasteiger partial charge in [-0.25, -0.2) is 0 Å². The van der Waals surface area contributed by atoms with Crippen LogP contribution in [-0.4, -0.2) is 23.4 Å². The zero-order valence-corrected chi connectivity index (χ0v) is 8.23. The van der Waals surface area contributed by atoms with Crippen LogP contribution in [0, 0.1) is 0 Å². The molecule has 1 amide bonds. The zero-order valence-electron chi connectivity index (χ0n) is 8.23. The van der Waals surface area contributed by atoms with Crippen molar-refractivity contribution in [2.45, 2.75) is 19.5 Å². The molecular formula is C11H14N2O. The maximum atomic E-state index is 11.9. The SMILES string of the molecule is CC(CN)N1Cc2ccccc2C1=O. The molecule has 0 radical (unpaired) electrons. The first-order valence-corrected chi connectivity index (χ1v) is 4.83. The minimum atomic E-state index is 0.110. The third-order valence-corrected chi connectivity index (χ3v) is 2.72. The quantitative estimate of drug-likeness (QED) is 0.756. The second kappa shape index (κ2) is 3.42. The Morgan fingerprint density at radius 2 is 2.21 bits per heavy atom. The normalized spacial score (nSPS) is 17.0. The van der Waals surface area contributed by atoms with Crippen LogP contribution < -0.4 is 5.73 Å². The maximum absolute atomic E-state index is 11.9. The fourth-order valence-electron chi connectivity index (χ4n) is 1.76. The Morgan fingerprint density at radius 1 is 1.50 bits per heavy atom. The molecule has 1 aliphatic heterocycles. The number of nitrogens with zero attached hydrogens (tertiary/aromatic N) is 1. The second-order valence-electron chi connectivity index (χ2n) is 3.67. The van der Waals surface area contributed by atoms with E-state index in [1.807, 2.05) is 36.1 Å². The van der Waals surface area contributed by atoms with Gasteiger partial charge in [-0.3, -0.25) is 4.79 Å². The molecule has 0 saturated heterocycles. The van der Waals surface area contributed by atoms with Gasteiger partial charge in [-0.1, -0.05) is 18.2 Å². The van der Waals surface area contributed by atoms with Gasteiger partial charge in [0.05, 0.1) is 0 Å². The smallest absolute Gasteiger partial charge is 0.254 e. The van der Waals surface area contributed by atoms with E-state index >= 15 is 0 Å². The monoisotopic (exact) mass is 190 g/mol. The summed E-state index contributed by atoms with van der Waals surface area (Å²) in [4.78, 5) is 13.7. The number of nitrogens with two attached hydrogens (primary N) is 1. The van der Waals surface area contributed by atoms with Gasteiger partial charge in [0.1, 0.15) is 0 Å². The summed E-state index contributed by atoms with van der Waals surface area (Å²) >= 11 is 0. The topological polar surface area (TPSA) is 46.3 Å². The molecule has 14 heavy (non-hydrogen) atoms. The van der Waals surface area contributed by atoms with E-state index in [0.717, 1.165) is 11.1 Å².